The Morgan fingerprint density at radius 2 is 2.14 bits per heavy atom. The first-order valence-corrected chi connectivity index (χ1v) is 4.93. The SMILES string of the molecule is CC.CCC(=O)Nc1c(C)cnn1C. The normalized spacial score (nSPS) is 8.93. The van der Waals surface area contributed by atoms with Gasteiger partial charge in [0.1, 0.15) is 5.82 Å². The fourth-order valence-corrected chi connectivity index (χ4v) is 0.947. The van der Waals surface area contributed by atoms with Crippen molar-refractivity contribution in [1.82, 2.24) is 9.78 Å². The van der Waals surface area contributed by atoms with Crippen molar-refractivity contribution < 1.29 is 4.79 Å². The van der Waals surface area contributed by atoms with E-state index in [1.54, 1.807) is 17.9 Å². The number of amides is 1. The van der Waals surface area contributed by atoms with Crippen molar-refractivity contribution in [1.29, 1.82) is 0 Å². The monoisotopic (exact) mass is 197 g/mol. The van der Waals surface area contributed by atoms with Gasteiger partial charge in [0.2, 0.25) is 5.91 Å². The third-order valence-corrected chi connectivity index (χ3v) is 1.70. The molecule has 0 bridgehead atoms. The molecular formula is C10H19N3O. The van der Waals surface area contributed by atoms with Crippen LogP contribution in [0.4, 0.5) is 5.82 Å². The minimum Gasteiger partial charge on any atom is -0.311 e. The van der Waals surface area contributed by atoms with Crippen LogP contribution in [0.5, 0.6) is 0 Å². The standard InChI is InChI=1S/C8H13N3O.C2H6/c1-4-7(12)10-8-6(2)5-9-11(8)3;1-2/h5H,4H2,1-3H3,(H,10,12);1-2H3. The van der Waals surface area contributed by atoms with Crippen LogP contribution in [-0.4, -0.2) is 15.7 Å². The van der Waals surface area contributed by atoms with Gasteiger partial charge in [0, 0.05) is 19.0 Å². The lowest BCUT2D eigenvalue weighted by Gasteiger charge is -2.04. The molecule has 1 N–H and O–H groups in total. The smallest absolute Gasteiger partial charge is 0.225 e. The van der Waals surface area contributed by atoms with Crippen molar-refractivity contribution in [2.45, 2.75) is 34.1 Å². The second kappa shape index (κ2) is 6.18. The molecule has 0 aliphatic heterocycles. The van der Waals surface area contributed by atoms with Crippen molar-refractivity contribution in [3.05, 3.63) is 11.8 Å². The molecule has 0 atom stereocenters. The summed E-state index contributed by atoms with van der Waals surface area (Å²) in [6, 6.07) is 0. The molecule has 0 saturated carbocycles. The van der Waals surface area contributed by atoms with Crippen LogP contribution in [0, 0.1) is 6.92 Å². The second-order valence-corrected chi connectivity index (χ2v) is 2.70. The number of hydrogen-bond acceptors (Lipinski definition) is 2. The maximum Gasteiger partial charge on any atom is 0.225 e. The van der Waals surface area contributed by atoms with E-state index in [0.717, 1.165) is 11.4 Å². The number of nitrogens with one attached hydrogen (secondary N) is 1. The summed E-state index contributed by atoms with van der Waals surface area (Å²) in [6.45, 7) is 7.74. The molecule has 0 aliphatic rings. The van der Waals surface area contributed by atoms with Crippen LogP contribution < -0.4 is 5.32 Å². The predicted molar refractivity (Wildman–Crippen MR) is 58.2 cm³/mol. The molecule has 0 unspecified atom stereocenters. The molecule has 1 aromatic rings. The number of nitrogens with zero attached hydrogens (tertiary/aromatic N) is 2. The Hall–Kier alpha value is -1.32. The Labute approximate surface area is 85.3 Å². The summed E-state index contributed by atoms with van der Waals surface area (Å²) in [5.74, 6) is 0.795. The zero-order valence-electron chi connectivity index (χ0n) is 9.59. The molecule has 0 fully saturated rings. The summed E-state index contributed by atoms with van der Waals surface area (Å²) in [7, 11) is 1.80. The predicted octanol–water partition coefficient (Wildman–Crippen LogP) is 2.10. The molecule has 80 valence electrons. The molecule has 1 amide bonds. The summed E-state index contributed by atoms with van der Waals surface area (Å²) >= 11 is 0. The largest absolute Gasteiger partial charge is 0.311 e. The van der Waals surface area contributed by atoms with Crippen molar-refractivity contribution in [3.63, 3.8) is 0 Å². The van der Waals surface area contributed by atoms with E-state index in [0.29, 0.717) is 6.42 Å². The molecule has 4 heteroatoms. The van der Waals surface area contributed by atoms with Gasteiger partial charge in [0.25, 0.3) is 0 Å². The van der Waals surface area contributed by atoms with E-state index >= 15 is 0 Å². The first-order chi connectivity index (χ1) is 6.65. The number of carbonyl (C=O) groups excluding carboxylic acids is 1. The molecular weight excluding hydrogens is 178 g/mol. The van der Waals surface area contributed by atoms with Crippen LogP contribution >= 0.6 is 0 Å². The minimum absolute atomic E-state index is 0.0155. The first-order valence-electron chi connectivity index (χ1n) is 4.93. The van der Waals surface area contributed by atoms with Gasteiger partial charge in [-0.25, -0.2) is 0 Å². The summed E-state index contributed by atoms with van der Waals surface area (Å²) in [6.07, 6.45) is 2.22. The van der Waals surface area contributed by atoms with Gasteiger partial charge in [-0.2, -0.15) is 5.10 Å². The lowest BCUT2D eigenvalue weighted by molar-refractivity contribution is -0.115. The van der Waals surface area contributed by atoms with Crippen LogP contribution in [0.2, 0.25) is 0 Å². The molecule has 0 aliphatic carbocycles. The third-order valence-electron chi connectivity index (χ3n) is 1.70. The zero-order chi connectivity index (χ0) is 11.1. The molecule has 0 aromatic carbocycles. The Morgan fingerprint density at radius 3 is 2.50 bits per heavy atom. The third kappa shape index (κ3) is 3.20. The quantitative estimate of drug-likeness (QED) is 0.789. The van der Waals surface area contributed by atoms with Crippen molar-refractivity contribution in [3.8, 4) is 0 Å². The number of carbonyl (C=O) groups is 1. The van der Waals surface area contributed by atoms with Gasteiger partial charge in [0.15, 0.2) is 0 Å². The van der Waals surface area contributed by atoms with Gasteiger partial charge in [-0.05, 0) is 6.92 Å². The highest BCUT2D eigenvalue weighted by atomic mass is 16.1. The zero-order valence-corrected chi connectivity index (χ0v) is 9.59. The highest BCUT2D eigenvalue weighted by molar-refractivity contribution is 5.90. The summed E-state index contributed by atoms with van der Waals surface area (Å²) in [4.78, 5) is 11.0. The van der Waals surface area contributed by atoms with E-state index in [4.69, 9.17) is 0 Å². The van der Waals surface area contributed by atoms with Gasteiger partial charge in [0.05, 0.1) is 6.20 Å². The topological polar surface area (TPSA) is 46.9 Å². The van der Waals surface area contributed by atoms with E-state index in [-0.39, 0.29) is 5.91 Å². The number of rotatable bonds is 2. The maximum absolute atomic E-state index is 11.0. The van der Waals surface area contributed by atoms with E-state index in [2.05, 4.69) is 10.4 Å². The van der Waals surface area contributed by atoms with Crippen LogP contribution in [0.15, 0.2) is 6.20 Å². The van der Waals surface area contributed by atoms with Crippen LogP contribution in [0.3, 0.4) is 0 Å². The van der Waals surface area contributed by atoms with Gasteiger partial charge < -0.3 is 5.32 Å². The highest BCUT2D eigenvalue weighted by Gasteiger charge is 2.06. The van der Waals surface area contributed by atoms with E-state index in [9.17, 15) is 4.79 Å². The number of aryl methyl sites for hydroxylation is 2. The molecule has 0 saturated heterocycles. The summed E-state index contributed by atoms with van der Waals surface area (Å²) < 4.78 is 1.66. The Kier molecular flexibility index (Phi) is 5.60. The molecule has 0 spiro atoms. The Bertz CT molecular complexity index is 272. The molecule has 14 heavy (non-hydrogen) atoms. The lowest BCUT2D eigenvalue weighted by Crippen LogP contribution is -2.13. The van der Waals surface area contributed by atoms with Crippen LogP contribution in [0.25, 0.3) is 0 Å². The molecule has 1 heterocycles. The van der Waals surface area contributed by atoms with Crippen LogP contribution in [0.1, 0.15) is 32.8 Å². The van der Waals surface area contributed by atoms with E-state index < -0.39 is 0 Å². The van der Waals surface area contributed by atoms with Gasteiger partial charge in [-0.15, -0.1) is 0 Å². The number of hydrogen-bond donors (Lipinski definition) is 1. The van der Waals surface area contributed by atoms with E-state index in [1.807, 2.05) is 27.7 Å². The summed E-state index contributed by atoms with van der Waals surface area (Å²) in [5, 5.41) is 6.78. The number of anilines is 1. The fourth-order valence-electron chi connectivity index (χ4n) is 0.947. The first kappa shape index (κ1) is 12.7. The Balaban J connectivity index is 0.000000791. The van der Waals surface area contributed by atoms with E-state index in [1.165, 1.54) is 0 Å². The summed E-state index contributed by atoms with van der Waals surface area (Å²) in [5.41, 5.74) is 0.985. The Morgan fingerprint density at radius 1 is 1.57 bits per heavy atom. The van der Waals surface area contributed by atoms with Crippen molar-refractivity contribution in [2.24, 2.45) is 7.05 Å². The van der Waals surface area contributed by atoms with Crippen LogP contribution in [-0.2, 0) is 11.8 Å². The fraction of sp³-hybridized carbons (Fsp3) is 0.600. The van der Waals surface area contributed by atoms with Gasteiger partial charge >= 0.3 is 0 Å². The van der Waals surface area contributed by atoms with Gasteiger partial charge in [-0.1, -0.05) is 20.8 Å². The lowest BCUT2D eigenvalue weighted by atomic mass is 10.3. The maximum atomic E-state index is 11.0. The molecule has 4 nitrogen and oxygen atoms in total. The average Bonchev–Trinajstić information content (AvgIpc) is 2.52. The second-order valence-electron chi connectivity index (χ2n) is 2.70. The van der Waals surface area contributed by atoms with Crippen molar-refractivity contribution in [2.75, 3.05) is 5.32 Å². The van der Waals surface area contributed by atoms with Gasteiger partial charge in [-0.3, -0.25) is 9.48 Å². The average molecular weight is 197 g/mol. The number of aromatic nitrogens is 2. The highest BCUT2D eigenvalue weighted by Crippen LogP contribution is 2.11. The minimum atomic E-state index is 0.0155. The molecule has 1 rings (SSSR count). The molecule has 1 aromatic heterocycles. The van der Waals surface area contributed by atoms with Crippen molar-refractivity contribution >= 4 is 11.7 Å². The molecule has 0 radical (unpaired) electrons.